The molecule has 42 heavy (non-hydrogen) atoms. The largest absolute Gasteiger partial charge is 0.494 e. The fourth-order valence-corrected chi connectivity index (χ4v) is 3.85. The van der Waals surface area contributed by atoms with E-state index < -0.39 is 11.8 Å². The third-order valence-electron chi connectivity index (χ3n) is 6.39. The Hall–Kier alpha value is -4.40. The van der Waals surface area contributed by atoms with E-state index in [4.69, 9.17) is 9.47 Å². The van der Waals surface area contributed by atoms with E-state index in [0.29, 0.717) is 35.8 Å². The molecule has 0 aliphatic heterocycles. The number of rotatable bonds is 17. The van der Waals surface area contributed by atoms with Crippen molar-refractivity contribution in [3.8, 4) is 5.75 Å². The van der Waals surface area contributed by atoms with E-state index in [1.165, 1.54) is 44.2 Å². The van der Waals surface area contributed by atoms with Gasteiger partial charge in [0.05, 0.1) is 30.2 Å². The molecule has 3 rings (SSSR count). The number of benzene rings is 3. The Morgan fingerprint density at radius 3 is 2.07 bits per heavy atom. The van der Waals surface area contributed by atoms with Gasteiger partial charge in [-0.25, -0.2) is 9.18 Å². The van der Waals surface area contributed by atoms with E-state index in [2.05, 4.69) is 34.0 Å². The number of halogens is 1. The van der Waals surface area contributed by atoms with Crippen molar-refractivity contribution >= 4 is 34.4 Å². The molecule has 0 heterocycles. The van der Waals surface area contributed by atoms with Crippen LogP contribution in [0.5, 0.6) is 5.75 Å². The lowest BCUT2D eigenvalue weighted by Crippen LogP contribution is -2.23. The number of anilines is 1. The molecule has 0 spiro atoms. The van der Waals surface area contributed by atoms with Crippen LogP contribution >= 0.6 is 0 Å². The average molecular weight is 574 g/mol. The number of unbranched alkanes of at least 4 members (excludes halogenated alkanes) is 5. The maximum atomic E-state index is 14.6. The van der Waals surface area contributed by atoms with Gasteiger partial charge in [-0.2, -0.15) is 15.3 Å². The van der Waals surface area contributed by atoms with Crippen LogP contribution in [0, 0.1) is 5.82 Å². The molecule has 0 aromatic heterocycles. The molecule has 0 N–H and O–H groups in total. The topological polar surface area (TPSA) is 88.2 Å². The zero-order valence-corrected chi connectivity index (χ0v) is 24.8. The molecule has 9 heteroatoms. The first-order valence-electron chi connectivity index (χ1n) is 14.4. The van der Waals surface area contributed by atoms with Gasteiger partial charge in [0.1, 0.15) is 18.0 Å². The van der Waals surface area contributed by atoms with Crippen LogP contribution in [0.25, 0.3) is 0 Å². The first-order valence-corrected chi connectivity index (χ1v) is 14.4. The molecule has 222 valence electrons. The first kappa shape index (κ1) is 32.1. The standard InChI is InChI=1S/C33H40FN5O3/c1-5-6-7-8-9-10-22-41-30-18-13-27(14-19-30)36-38-32-20-15-28(24-31(32)34)37-35-26-11-16-29(17-12-26)39(4)21-23-42-33(40)25(2)3/h11-20,24H,2,5-10,21-23H2,1,3-4H3. The van der Waals surface area contributed by atoms with Gasteiger partial charge in [0.15, 0.2) is 5.82 Å². The van der Waals surface area contributed by atoms with E-state index in [0.717, 1.165) is 17.9 Å². The molecule has 0 amide bonds. The highest BCUT2D eigenvalue weighted by Crippen LogP contribution is 2.28. The molecule has 0 bridgehead atoms. The molecule has 0 fully saturated rings. The number of azo groups is 2. The predicted molar refractivity (Wildman–Crippen MR) is 166 cm³/mol. The number of carbonyl (C=O) groups is 1. The fraction of sp³-hybridized carbons (Fsp3) is 0.364. The van der Waals surface area contributed by atoms with Crippen molar-refractivity contribution in [3.63, 3.8) is 0 Å². The summed E-state index contributed by atoms with van der Waals surface area (Å²) >= 11 is 0. The predicted octanol–water partition coefficient (Wildman–Crippen LogP) is 9.95. The number of hydrogen-bond donors (Lipinski definition) is 0. The SMILES string of the molecule is C=C(C)C(=O)OCCN(C)c1ccc(N=Nc2ccc(N=Nc3ccc(OCCCCCCCC)cc3)c(F)c2)cc1. The van der Waals surface area contributed by atoms with Crippen molar-refractivity contribution < 1.29 is 18.7 Å². The molecule has 0 aliphatic carbocycles. The number of likely N-dealkylation sites (N-methyl/N-ethyl adjacent to an activating group) is 1. The summed E-state index contributed by atoms with van der Waals surface area (Å²) in [6.45, 7) is 8.88. The first-order chi connectivity index (χ1) is 20.4. The smallest absolute Gasteiger partial charge is 0.333 e. The number of ether oxygens (including phenoxy) is 2. The Kier molecular flexibility index (Phi) is 13.3. The number of carbonyl (C=O) groups excluding carboxylic acids is 1. The molecule has 0 unspecified atom stereocenters. The minimum Gasteiger partial charge on any atom is -0.494 e. The maximum Gasteiger partial charge on any atom is 0.333 e. The minimum absolute atomic E-state index is 0.110. The van der Waals surface area contributed by atoms with Crippen LogP contribution in [0.3, 0.4) is 0 Å². The lowest BCUT2D eigenvalue weighted by atomic mass is 10.1. The molecular formula is C33H40FN5O3. The van der Waals surface area contributed by atoms with Gasteiger partial charge in [-0.1, -0.05) is 45.6 Å². The van der Waals surface area contributed by atoms with Crippen molar-refractivity contribution in [3.05, 3.63) is 84.7 Å². The molecule has 0 atom stereocenters. The van der Waals surface area contributed by atoms with Crippen LogP contribution in [0.4, 0.5) is 32.8 Å². The molecule has 0 aliphatic rings. The van der Waals surface area contributed by atoms with Gasteiger partial charge in [0.2, 0.25) is 0 Å². The zero-order chi connectivity index (χ0) is 30.2. The molecule has 3 aromatic carbocycles. The van der Waals surface area contributed by atoms with Crippen molar-refractivity contribution in [1.29, 1.82) is 0 Å². The normalized spacial score (nSPS) is 11.2. The van der Waals surface area contributed by atoms with Gasteiger partial charge >= 0.3 is 5.97 Å². The molecule has 0 saturated carbocycles. The van der Waals surface area contributed by atoms with E-state index >= 15 is 0 Å². The minimum atomic E-state index is -0.543. The van der Waals surface area contributed by atoms with Crippen LogP contribution in [0.1, 0.15) is 52.4 Å². The van der Waals surface area contributed by atoms with Gasteiger partial charge in [-0.3, -0.25) is 0 Å². The maximum absolute atomic E-state index is 14.6. The summed E-state index contributed by atoms with van der Waals surface area (Å²) in [5.41, 5.74) is 2.99. The van der Waals surface area contributed by atoms with Gasteiger partial charge in [0.25, 0.3) is 0 Å². The van der Waals surface area contributed by atoms with Crippen molar-refractivity contribution in [2.24, 2.45) is 20.5 Å². The summed E-state index contributed by atoms with van der Waals surface area (Å²) in [4.78, 5) is 13.4. The Bertz CT molecular complexity index is 1340. The molecule has 0 radical (unpaired) electrons. The van der Waals surface area contributed by atoms with Gasteiger partial charge in [-0.05, 0) is 74.0 Å². The molecule has 3 aromatic rings. The highest BCUT2D eigenvalue weighted by atomic mass is 19.1. The van der Waals surface area contributed by atoms with Crippen LogP contribution in [-0.2, 0) is 9.53 Å². The summed E-state index contributed by atoms with van der Waals surface area (Å²) < 4.78 is 25.6. The summed E-state index contributed by atoms with van der Waals surface area (Å²) in [6.07, 6.45) is 7.32. The Morgan fingerprint density at radius 1 is 0.810 bits per heavy atom. The number of esters is 1. The van der Waals surface area contributed by atoms with Gasteiger partial charge < -0.3 is 14.4 Å². The van der Waals surface area contributed by atoms with Crippen molar-refractivity contribution in [2.45, 2.75) is 52.4 Å². The van der Waals surface area contributed by atoms with Crippen LogP contribution in [0.15, 0.2) is 99.3 Å². The van der Waals surface area contributed by atoms with Gasteiger partial charge in [0, 0.05) is 24.4 Å². The summed E-state index contributed by atoms with van der Waals surface area (Å²) in [5, 5.41) is 16.5. The second kappa shape index (κ2) is 17.4. The van der Waals surface area contributed by atoms with Crippen molar-refractivity contribution in [2.75, 3.05) is 31.7 Å². The van der Waals surface area contributed by atoms with Gasteiger partial charge in [-0.15, -0.1) is 5.11 Å². The third-order valence-corrected chi connectivity index (χ3v) is 6.39. The molecule has 0 saturated heterocycles. The quantitative estimate of drug-likeness (QED) is 0.0696. The number of nitrogens with zero attached hydrogens (tertiary/aromatic N) is 5. The van der Waals surface area contributed by atoms with E-state index in [9.17, 15) is 9.18 Å². The summed E-state index contributed by atoms with van der Waals surface area (Å²) in [5.74, 6) is -0.161. The lowest BCUT2D eigenvalue weighted by molar-refractivity contribution is -0.138. The average Bonchev–Trinajstić information content (AvgIpc) is 2.99. The van der Waals surface area contributed by atoms with Crippen LogP contribution in [-0.4, -0.2) is 32.8 Å². The Balaban J connectivity index is 1.47. The highest BCUT2D eigenvalue weighted by Gasteiger charge is 2.06. The zero-order valence-electron chi connectivity index (χ0n) is 24.8. The third kappa shape index (κ3) is 11.2. The van der Waals surface area contributed by atoms with E-state index in [1.807, 2.05) is 36.2 Å². The van der Waals surface area contributed by atoms with Crippen LogP contribution in [0.2, 0.25) is 0 Å². The van der Waals surface area contributed by atoms with Crippen LogP contribution < -0.4 is 9.64 Å². The lowest BCUT2D eigenvalue weighted by Gasteiger charge is -2.19. The molecular weight excluding hydrogens is 533 g/mol. The number of hydrogen-bond acceptors (Lipinski definition) is 8. The highest BCUT2D eigenvalue weighted by molar-refractivity contribution is 5.86. The Labute approximate surface area is 248 Å². The monoisotopic (exact) mass is 573 g/mol. The van der Waals surface area contributed by atoms with E-state index in [-0.39, 0.29) is 12.3 Å². The molecule has 8 nitrogen and oxygen atoms in total. The second-order valence-corrected chi connectivity index (χ2v) is 10.0. The van der Waals surface area contributed by atoms with E-state index in [1.54, 1.807) is 37.3 Å². The second-order valence-electron chi connectivity index (χ2n) is 10.0. The summed E-state index contributed by atoms with van der Waals surface area (Å²) in [6, 6.07) is 19.1. The fourth-order valence-electron chi connectivity index (χ4n) is 3.85. The Morgan fingerprint density at radius 2 is 1.40 bits per heavy atom. The summed E-state index contributed by atoms with van der Waals surface area (Å²) in [7, 11) is 1.90. The van der Waals surface area contributed by atoms with Crippen molar-refractivity contribution in [1.82, 2.24) is 0 Å².